The zero-order chi connectivity index (χ0) is 18.7. The summed E-state index contributed by atoms with van der Waals surface area (Å²) >= 11 is 1.43. The van der Waals surface area contributed by atoms with Crippen molar-refractivity contribution in [2.24, 2.45) is 5.92 Å². The molecule has 0 saturated heterocycles. The molecule has 2 aliphatic rings. The van der Waals surface area contributed by atoms with Crippen LogP contribution >= 0.6 is 11.8 Å². The van der Waals surface area contributed by atoms with Crippen LogP contribution in [-0.2, 0) is 14.3 Å². The Morgan fingerprint density at radius 3 is 2.73 bits per heavy atom. The van der Waals surface area contributed by atoms with E-state index in [-0.39, 0.29) is 24.5 Å². The lowest BCUT2D eigenvalue weighted by Gasteiger charge is -2.33. The van der Waals surface area contributed by atoms with Crippen molar-refractivity contribution in [1.82, 2.24) is 4.90 Å². The number of likely N-dealkylation sites (N-methyl/N-ethyl adjacent to an activating group) is 1. The van der Waals surface area contributed by atoms with E-state index in [2.05, 4.69) is 12.2 Å². The maximum absolute atomic E-state index is 12.3. The molecule has 7 heteroatoms. The Balaban J connectivity index is 1.54. The Morgan fingerprint density at radius 2 is 2.00 bits per heavy atom. The van der Waals surface area contributed by atoms with E-state index in [1.165, 1.54) is 11.8 Å². The number of thioether (sulfide) groups is 1. The van der Waals surface area contributed by atoms with Gasteiger partial charge >= 0.3 is 5.97 Å². The van der Waals surface area contributed by atoms with Gasteiger partial charge in [0.1, 0.15) is 0 Å². The van der Waals surface area contributed by atoms with Gasteiger partial charge in [0, 0.05) is 18.0 Å². The minimum Gasteiger partial charge on any atom is -0.452 e. The largest absolute Gasteiger partial charge is 0.452 e. The van der Waals surface area contributed by atoms with E-state index < -0.39 is 5.97 Å². The minimum atomic E-state index is -0.559. The Morgan fingerprint density at radius 1 is 1.27 bits per heavy atom. The number of hydrogen-bond acceptors (Lipinski definition) is 5. The van der Waals surface area contributed by atoms with Crippen molar-refractivity contribution < 1.29 is 19.1 Å². The van der Waals surface area contributed by atoms with E-state index in [0.29, 0.717) is 17.0 Å². The molecule has 1 N–H and O–H groups in total. The van der Waals surface area contributed by atoms with Gasteiger partial charge in [0.15, 0.2) is 6.61 Å². The van der Waals surface area contributed by atoms with Gasteiger partial charge in [-0.15, -0.1) is 11.8 Å². The summed E-state index contributed by atoms with van der Waals surface area (Å²) in [6.45, 7) is 1.97. The summed E-state index contributed by atoms with van der Waals surface area (Å²) in [6.07, 6.45) is 4.25. The number of hydrogen-bond donors (Lipinski definition) is 1. The number of rotatable bonds is 4. The topological polar surface area (TPSA) is 75.7 Å². The average molecular weight is 376 g/mol. The Hall–Kier alpha value is -2.02. The van der Waals surface area contributed by atoms with Crippen molar-refractivity contribution in [3.63, 3.8) is 0 Å². The van der Waals surface area contributed by atoms with Crippen molar-refractivity contribution in [2.45, 2.75) is 43.5 Å². The number of amides is 2. The van der Waals surface area contributed by atoms with Crippen molar-refractivity contribution in [2.75, 3.05) is 24.7 Å². The molecule has 1 aliphatic heterocycles. The smallest absolute Gasteiger partial charge is 0.338 e. The van der Waals surface area contributed by atoms with Gasteiger partial charge in [0.25, 0.3) is 5.91 Å². The van der Waals surface area contributed by atoms with Crippen molar-refractivity contribution in [1.29, 1.82) is 0 Å². The van der Waals surface area contributed by atoms with E-state index in [4.69, 9.17) is 4.74 Å². The second-order valence-electron chi connectivity index (χ2n) is 7.04. The summed E-state index contributed by atoms with van der Waals surface area (Å²) in [5.74, 6) is 0.260. The molecule has 0 bridgehead atoms. The van der Waals surface area contributed by atoms with Crippen LogP contribution < -0.4 is 5.32 Å². The molecule has 0 atom stereocenters. The van der Waals surface area contributed by atoms with E-state index in [1.54, 1.807) is 30.1 Å². The number of carbonyl (C=O) groups is 3. The second kappa shape index (κ2) is 8.12. The molecule has 1 fully saturated rings. The van der Waals surface area contributed by atoms with Gasteiger partial charge in [0.2, 0.25) is 5.91 Å². The van der Waals surface area contributed by atoms with Gasteiger partial charge in [-0.2, -0.15) is 0 Å². The summed E-state index contributed by atoms with van der Waals surface area (Å²) in [4.78, 5) is 38.7. The summed E-state index contributed by atoms with van der Waals surface area (Å²) < 4.78 is 5.19. The van der Waals surface area contributed by atoms with Gasteiger partial charge in [-0.05, 0) is 49.8 Å². The van der Waals surface area contributed by atoms with E-state index >= 15 is 0 Å². The van der Waals surface area contributed by atoms with Gasteiger partial charge < -0.3 is 15.0 Å². The third-order valence-corrected chi connectivity index (χ3v) is 6.17. The van der Waals surface area contributed by atoms with Crippen LogP contribution in [0.25, 0.3) is 0 Å². The summed E-state index contributed by atoms with van der Waals surface area (Å²) in [7, 11) is 1.78. The molecule has 26 heavy (non-hydrogen) atoms. The summed E-state index contributed by atoms with van der Waals surface area (Å²) in [5.41, 5.74) is 0.939. The standard InChI is InChI=1S/C19H24N2O4S/c1-12-3-6-14(7-4-12)21(2)18(23)10-25-19(24)13-5-8-16-15(9-13)20-17(22)11-26-16/h5,8-9,12,14H,3-4,6-7,10-11H2,1-2H3,(H,20,22). The summed E-state index contributed by atoms with van der Waals surface area (Å²) in [5, 5.41) is 2.74. The lowest BCUT2D eigenvalue weighted by atomic mass is 9.87. The predicted octanol–water partition coefficient (Wildman–Crippen LogP) is 2.92. The molecule has 3 rings (SSSR count). The molecule has 1 saturated carbocycles. The monoisotopic (exact) mass is 376 g/mol. The zero-order valence-electron chi connectivity index (χ0n) is 15.1. The second-order valence-corrected chi connectivity index (χ2v) is 8.06. The molecule has 0 unspecified atom stereocenters. The number of anilines is 1. The molecular weight excluding hydrogens is 352 g/mol. The zero-order valence-corrected chi connectivity index (χ0v) is 15.9. The number of carbonyl (C=O) groups excluding carboxylic acids is 3. The van der Waals surface area contributed by atoms with Gasteiger partial charge in [0.05, 0.1) is 17.0 Å². The predicted molar refractivity (Wildman–Crippen MR) is 100 cm³/mol. The van der Waals surface area contributed by atoms with Gasteiger partial charge in [-0.3, -0.25) is 9.59 Å². The van der Waals surface area contributed by atoms with Crippen LogP contribution in [0.2, 0.25) is 0 Å². The molecule has 1 aromatic carbocycles. The maximum atomic E-state index is 12.3. The van der Waals surface area contributed by atoms with Crippen LogP contribution in [0, 0.1) is 5.92 Å². The van der Waals surface area contributed by atoms with Crippen LogP contribution in [0.15, 0.2) is 23.1 Å². The van der Waals surface area contributed by atoms with Gasteiger partial charge in [-0.25, -0.2) is 4.79 Å². The highest BCUT2D eigenvalue weighted by atomic mass is 32.2. The first-order valence-corrected chi connectivity index (χ1v) is 9.92. The minimum absolute atomic E-state index is 0.0911. The fourth-order valence-electron chi connectivity index (χ4n) is 3.36. The summed E-state index contributed by atoms with van der Waals surface area (Å²) in [6, 6.07) is 5.27. The van der Waals surface area contributed by atoms with Crippen LogP contribution in [0.1, 0.15) is 43.0 Å². The van der Waals surface area contributed by atoms with Crippen LogP contribution in [0.3, 0.4) is 0 Å². The first-order chi connectivity index (χ1) is 12.4. The molecule has 0 aromatic heterocycles. The molecule has 0 radical (unpaired) electrons. The Bertz CT molecular complexity index is 713. The molecule has 1 aromatic rings. The molecule has 140 valence electrons. The maximum Gasteiger partial charge on any atom is 0.338 e. The Labute approximate surface area is 157 Å². The SMILES string of the molecule is CC1CCC(N(C)C(=O)COC(=O)c2ccc3c(c2)NC(=O)CS3)CC1. The third-order valence-electron chi connectivity index (χ3n) is 5.10. The fourth-order valence-corrected chi connectivity index (χ4v) is 4.14. The number of ether oxygens (including phenoxy) is 1. The average Bonchev–Trinajstić information content (AvgIpc) is 2.65. The number of fused-ring (bicyclic) bond motifs is 1. The molecule has 6 nitrogen and oxygen atoms in total. The third kappa shape index (κ3) is 4.38. The van der Waals surface area contributed by atoms with E-state index in [1.807, 2.05) is 0 Å². The van der Waals surface area contributed by atoms with Crippen LogP contribution in [0.5, 0.6) is 0 Å². The van der Waals surface area contributed by atoms with E-state index in [9.17, 15) is 14.4 Å². The molecule has 1 aliphatic carbocycles. The van der Waals surface area contributed by atoms with E-state index in [0.717, 1.165) is 36.5 Å². The molecule has 1 heterocycles. The normalized spacial score (nSPS) is 22.2. The fraction of sp³-hybridized carbons (Fsp3) is 0.526. The lowest BCUT2D eigenvalue weighted by Crippen LogP contribution is -2.41. The number of esters is 1. The number of benzene rings is 1. The van der Waals surface area contributed by atoms with Crippen molar-refractivity contribution in [3.05, 3.63) is 23.8 Å². The van der Waals surface area contributed by atoms with Crippen LogP contribution in [-0.4, -0.2) is 48.1 Å². The van der Waals surface area contributed by atoms with Crippen molar-refractivity contribution in [3.8, 4) is 0 Å². The quantitative estimate of drug-likeness (QED) is 0.818. The van der Waals surface area contributed by atoms with Crippen molar-refractivity contribution >= 4 is 35.2 Å². The Kier molecular flexibility index (Phi) is 5.86. The highest BCUT2D eigenvalue weighted by molar-refractivity contribution is 8.00. The lowest BCUT2D eigenvalue weighted by molar-refractivity contribution is -0.136. The first-order valence-electron chi connectivity index (χ1n) is 8.93. The van der Waals surface area contributed by atoms with Crippen LogP contribution in [0.4, 0.5) is 5.69 Å². The molecule has 2 amide bonds. The number of nitrogens with zero attached hydrogens (tertiary/aromatic N) is 1. The molecular formula is C19H24N2O4S. The van der Waals surface area contributed by atoms with Gasteiger partial charge in [-0.1, -0.05) is 6.92 Å². The number of nitrogens with one attached hydrogen (secondary N) is 1. The highest BCUT2D eigenvalue weighted by Gasteiger charge is 2.25. The highest BCUT2D eigenvalue weighted by Crippen LogP contribution is 2.32. The molecule has 0 spiro atoms. The first kappa shape index (κ1) is 18.8.